The number of hydrogen-bond acceptors (Lipinski definition) is 2. The highest BCUT2D eigenvalue weighted by Crippen LogP contribution is 2.36. The molecule has 0 unspecified atom stereocenters. The highest BCUT2D eigenvalue weighted by Gasteiger charge is 2.30. The zero-order valence-corrected chi connectivity index (χ0v) is 19.5. The molecule has 4 heteroatoms. The minimum absolute atomic E-state index is 0.0435. The fourth-order valence-electron chi connectivity index (χ4n) is 3.70. The molecule has 3 aromatic carbocycles. The number of amides is 1. The van der Waals surface area contributed by atoms with E-state index in [9.17, 15) is 4.79 Å². The molecule has 0 atom stereocenters. The second kappa shape index (κ2) is 8.68. The van der Waals surface area contributed by atoms with E-state index in [0.717, 1.165) is 28.3 Å². The predicted octanol–water partition coefficient (Wildman–Crippen LogP) is 7.12. The molecule has 3 nitrogen and oxygen atoms in total. The Kier molecular flexibility index (Phi) is 5.94. The molecule has 0 aromatic heterocycles. The molecule has 1 aliphatic rings. The lowest BCUT2D eigenvalue weighted by molar-refractivity contribution is -0.113. The number of ether oxygens (including phenoxy) is 1. The Bertz CT molecular complexity index is 1180. The van der Waals surface area contributed by atoms with Gasteiger partial charge in [0.25, 0.3) is 5.91 Å². The summed E-state index contributed by atoms with van der Waals surface area (Å²) in [6.07, 6.45) is 3.84. The minimum Gasteiger partial charge on any atom is -0.497 e. The SMILES string of the molecule is COc1ccc(/C=C2/C=C(c3ccc(Cl)cc3)N(c3ccc(C(C)(C)C)cc3)C2=O)cc1. The maximum Gasteiger partial charge on any atom is 0.262 e. The lowest BCUT2D eigenvalue weighted by atomic mass is 9.87. The number of nitrogens with zero attached hydrogens (tertiary/aromatic N) is 1. The highest BCUT2D eigenvalue weighted by molar-refractivity contribution is 6.30. The topological polar surface area (TPSA) is 29.5 Å². The molecule has 0 fully saturated rings. The van der Waals surface area contributed by atoms with E-state index in [1.165, 1.54) is 5.56 Å². The average Bonchev–Trinajstić information content (AvgIpc) is 3.10. The van der Waals surface area contributed by atoms with Crippen molar-refractivity contribution in [3.8, 4) is 5.75 Å². The van der Waals surface area contributed by atoms with Crippen molar-refractivity contribution in [2.24, 2.45) is 0 Å². The van der Waals surface area contributed by atoms with Crippen molar-refractivity contribution in [3.05, 3.63) is 106 Å². The first-order valence-corrected chi connectivity index (χ1v) is 10.9. The summed E-state index contributed by atoms with van der Waals surface area (Å²) in [5.41, 5.74) is 5.42. The monoisotopic (exact) mass is 443 g/mol. The third-order valence-corrected chi connectivity index (χ3v) is 5.80. The Morgan fingerprint density at radius 2 is 1.50 bits per heavy atom. The van der Waals surface area contributed by atoms with Crippen molar-refractivity contribution in [3.63, 3.8) is 0 Å². The first-order valence-electron chi connectivity index (χ1n) is 10.5. The van der Waals surface area contributed by atoms with E-state index in [-0.39, 0.29) is 11.3 Å². The summed E-state index contributed by atoms with van der Waals surface area (Å²) in [6.45, 7) is 6.53. The van der Waals surface area contributed by atoms with Gasteiger partial charge in [0.1, 0.15) is 5.75 Å². The molecule has 0 saturated heterocycles. The van der Waals surface area contributed by atoms with Crippen molar-refractivity contribution in [2.75, 3.05) is 12.0 Å². The van der Waals surface area contributed by atoms with E-state index in [1.807, 2.05) is 72.8 Å². The number of hydrogen-bond donors (Lipinski definition) is 0. The second-order valence-corrected chi connectivity index (χ2v) is 9.28. The van der Waals surface area contributed by atoms with Crippen LogP contribution in [0.1, 0.15) is 37.5 Å². The molecular formula is C28H26ClNO2. The van der Waals surface area contributed by atoms with Crippen molar-refractivity contribution in [2.45, 2.75) is 26.2 Å². The fourth-order valence-corrected chi connectivity index (χ4v) is 3.82. The van der Waals surface area contributed by atoms with Gasteiger partial charge in [-0.25, -0.2) is 0 Å². The van der Waals surface area contributed by atoms with Crippen LogP contribution in [0, 0.1) is 0 Å². The normalized spacial score (nSPS) is 15.3. The van der Waals surface area contributed by atoms with E-state index in [1.54, 1.807) is 12.0 Å². The lowest BCUT2D eigenvalue weighted by Gasteiger charge is -2.23. The summed E-state index contributed by atoms with van der Waals surface area (Å²) in [5, 5.41) is 0.661. The molecule has 4 rings (SSSR count). The number of carbonyl (C=O) groups excluding carboxylic acids is 1. The standard InChI is InChI=1S/C28H26ClNO2/c1-28(2,3)22-9-13-24(14-10-22)30-26(20-7-11-23(29)12-8-20)18-21(27(30)31)17-19-5-15-25(32-4)16-6-19/h5-18H,1-4H3/b21-17-. The van der Waals surface area contributed by atoms with Crippen LogP contribution in [-0.2, 0) is 10.2 Å². The summed E-state index contributed by atoms with van der Waals surface area (Å²) in [5.74, 6) is 0.720. The van der Waals surface area contributed by atoms with E-state index >= 15 is 0 Å². The van der Waals surface area contributed by atoms with Gasteiger partial charge < -0.3 is 4.74 Å². The van der Waals surface area contributed by atoms with Crippen LogP contribution in [0.2, 0.25) is 5.02 Å². The van der Waals surface area contributed by atoms with E-state index in [0.29, 0.717) is 10.6 Å². The van der Waals surface area contributed by atoms with Crippen LogP contribution >= 0.6 is 11.6 Å². The highest BCUT2D eigenvalue weighted by atomic mass is 35.5. The molecule has 0 bridgehead atoms. The van der Waals surface area contributed by atoms with Crippen LogP contribution in [0.5, 0.6) is 5.75 Å². The number of rotatable bonds is 4. The maximum atomic E-state index is 13.5. The van der Waals surface area contributed by atoms with Gasteiger partial charge in [-0.2, -0.15) is 0 Å². The minimum atomic E-state index is -0.0609. The largest absolute Gasteiger partial charge is 0.497 e. The third kappa shape index (κ3) is 4.49. The summed E-state index contributed by atoms with van der Waals surface area (Å²) < 4.78 is 5.23. The Hall–Kier alpha value is -3.30. The third-order valence-electron chi connectivity index (χ3n) is 5.55. The van der Waals surface area contributed by atoms with Gasteiger partial charge in [-0.15, -0.1) is 0 Å². The second-order valence-electron chi connectivity index (χ2n) is 8.85. The first-order chi connectivity index (χ1) is 15.3. The molecule has 3 aromatic rings. The van der Waals surface area contributed by atoms with Crippen molar-refractivity contribution in [1.29, 1.82) is 0 Å². The molecule has 0 aliphatic carbocycles. The summed E-state index contributed by atoms with van der Waals surface area (Å²) >= 11 is 6.10. The molecule has 0 saturated carbocycles. The number of methoxy groups -OCH3 is 1. The summed E-state index contributed by atoms with van der Waals surface area (Å²) in [7, 11) is 1.64. The zero-order chi connectivity index (χ0) is 22.9. The van der Waals surface area contributed by atoms with Gasteiger partial charge in [-0.3, -0.25) is 9.69 Å². The molecule has 0 N–H and O–H groups in total. The zero-order valence-electron chi connectivity index (χ0n) is 18.7. The lowest BCUT2D eigenvalue weighted by Crippen LogP contribution is -2.25. The smallest absolute Gasteiger partial charge is 0.262 e. The Morgan fingerprint density at radius 3 is 2.06 bits per heavy atom. The number of carbonyl (C=O) groups is 1. The van der Waals surface area contributed by atoms with Gasteiger partial charge in [0.05, 0.1) is 12.8 Å². The maximum absolute atomic E-state index is 13.5. The summed E-state index contributed by atoms with van der Waals surface area (Å²) in [6, 6.07) is 23.4. The summed E-state index contributed by atoms with van der Waals surface area (Å²) in [4.78, 5) is 15.3. The van der Waals surface area contributed by atoms with Crippen LogP contribution in [-0.4, -0.2) is 13.0 Å². The van der Waals surface area contributed by atoms with Crippen molar-refractivity contribution >= 4 is 35.0 Å². The average molecular weight is 444 g/mol. The Labute approximate surface area is 194 Å². The van der Waals surface area contributed by atoms with E-state index in [4.69, 9.17) is 16.3 Å². The molecule has 1 amide bonds. The van der Waals surface area contributed by atoms with Crippen LogP contribution in [0.3, 0.4) is 0 Å². The predicted molar refractivity (Wildman–Crippen MR) is 133 cm³/mol. The Balaban J connectivity index is 1.77. The van der Waals surface area contributed by atoms with Crippen LogP contribution in [0.4, 0.5) is 5.69 Å². The van der Waals surface area contributed by atoms with Crippen LogP contribution in [0.15, 0.2) is 84.4 Å². The van der Waals surface area contributed by atoms with Gasteiger partial charge in [0.2, 0.25) is 0 Å². The molecule has 1 heterocycles. The fraction of sp³-hybridized carbons (Fsp3) is 0.179. The number of anilines is 1. The molecule has 162 valence electrons. The van der Waals surface area contributed by atoms with E-state index < -0.39 is 0 Å². The van der Waals surface area contributed by atoms with Crippen molar-refractivity contribution in [1.82, 2.24) is 0 Å². The van der Waals surface area contributed by atoms with Gasteiger partial charge in [0, 0.05) is 16.3 Å². The quantitative estimate of drug-likeness (QED) is 0.402. The first kappa shape index (κ1) is 21.9. The number of halogens is 1. The molecule has 0 radical (unpaired) electrons. The van der Waals surface area contributed by atoms with Crippen molar-refractivity contribution < 1.29 is 9.53 Å². The van der Waals surface area contributed by atoms with Gasteiger partial charge >= 0.3 is 0 Å². The Morgan fingerprint density at radius 1 is 0.875 bits per heavy atom. The van der Waals surface area contributed by atoms with Gasteiger partial charge in [-0.05, 0) is 70.7 Å². The number of benzene rings is 3. The van der Waals surface area contributed by atoms with Gasteiger partial charge in [0.15, 0.2) is 0 Å². The van der Waals surface area contributed by atoms with Crippen LogP contribution < -0.4 is 9.64 Å². The van der Waals surface area contributed by atoms with E-state index in [2.05, 4.69) is 32.9 Å². The molecule has 32 heavy (non-hydrogen) atoms. The molecule has 1 aliphatic heterocycles. The molecule has 0 spiro atoms. The van der Waals surface area contributed by atoms with Crippen LogP contribution in [0.25, 0.3) is 11.8 Å². The van der Waals surface area contributed by atoms with Gasteiger partial charge in [-0.1, -0.05) is 68.8 Å². The molecular weight excluding hydrogens is 418 g/mol.